The van der Waals surface area contributed by atoms with Crippen molar-refractivity contribution in [2.45, 2.75) is 6.92 Å². The van der Waals surface area contributed by atoms with Crippen LogP contribution in [0.25, 0.3) is 0 Å². The molecule has 9 heavy (non-hydrogen) atoms. The molecule has 0 saturated heterocycles. The summed E-state index contributed by atoms with van der Waals surface area (Å²) in [6, 6.07) is 0. The molecule has 0 aromatic rings. The molecule has 3 radical (unpaired) electrons. The van der Waals surface area contributed by atoms with Crippen LogP contribution in [-0.4, -0.2) is 46.2 Å². The molecule has 0 bridgehead atoms. The van der Waals surface area contributed by atoms with Crippen LogP contribution in [0.3, 0.4) is 0 Å². The zero-order valence-corrected chi connectivity index (χ0v) is 5.76. The molecule has 0 rings (SSSR count). The summed E-state index contributed by atoms with van der Waals surface area (Å²) in [7, 11) is 12.1. The number of hydrogen-bond donors (Lipinski definition) is 0. The SMILES string of the molecule is [B]B=C(C=[B])C(C)=NC. The first-order chi connectivity index (χ1) is 4.26. The Morgan fingerprint density at radius 1 is 1.67 bits per heavy atom. The van der Waals surface area contributed by atoms with Gasteiger partial charge in [0.25, 0.3) is 0 Å². The fourth-order valence-corrected chi connectivity index (χ4v) is 0.426. The molecule has 0 fully saturated rings. The normalized spacial score (nSPS) is 12.6. The average Bonchev–Trinajstić information content (AvgIpc) is 1.90. The van der Waals surface area contributed by atoms with Crippen LogP contribution in [0.5, 0.6) is 0 Å². The van der Waals surface area contributed by atoms with Crippen LogP contribution < -0.4 is 0 Å². The van der Waals surface area contributed by atoms with Crippen LogP contribution in [0.1, 0.15) is 6.92 Å². The maximum absolute atomic E-state index is 5.21. The fourth-order valence-electron chi connectivity index (χ4n) is 0.426. The number of nitrogens with zero attached hydrogens (tertiary/aromatic N) is 1. The van der Waals surface area contributed by atoms with Crippen molar-refractivity contribution in [3.63, 3.8) is 0 Å². The van der Waals surface area contributed by atoms with Crippen molar-refractivity contribution in [3.05, 3.63) is 0 Å². The standard InChI is InChI=1S/C5H7B3N/c1-4(9-2)5(3-6)8-7/h3H,1-2H3. The maximum atomic E-state index is 5.21. The zero-order valence-electron chi connectivity index (χ0n) is 5.76. The first-order valence-electron chi connectivity index (χ1n) is 2.66. The van der Waals surface area contributed by atoms with Gasteiger partial charge in [0.1, 0.15) is 0 Å². The molecule has 0 amide bonds. The van der Waals surface area contributed by atoms with E-state index < -0.39 is 0 Å². The summed E-state index contributed by atoms with van der Waals surface area (Å²) >= 11 is 0. The minimum atomic E-state index is 0.775. The van der Waals surface area contributed by atoms with Crippen molar-refractivity contribution in [1.29, 1.82) is 0 Å². The Bertz CT molecular complexity index is 160. The van der Waals surface area contributed by atoms with Gasteiger partial charge in [-0.1, -0.05) is 0 Å². The summed E-state index contributed by atoms with van der Waals surface area (Å²) in [5, 5.41) is 0. The van der Waals surface area contributed by atoms with E-state index >= 15 is 0 Å². The van der Waals surface area contributed by atoms with Gasteiger partial charge in [-0.15, -0.1) is 0 Å². The summed E-state index contributed by atoms with van der Waals surface area (Å²) in [5.41, 5.74) is 1.62. The Hall–Kier alpha value is -0.395. The molecule has 0 aliphatic carbocycles. The van der Waals surface area contributed by atoms with E-state index in [1.54, 1.807) is 7.05 Å². The number of rotatable bonds is 2. The molecule has 0 unspecified atom stereocenters. The van der Waals surface area contributed by atoms with Crippen molar-refractivity contribution >= 4 is 39.2 Å². The molecule has 0 aromatic heterocycles. The second-order valence-corrected chi connectivity index (χ2v) is 1.60. The molecular formula is C5H7B3N. The molecule has 0 spiro atoms. The fraction of sp³-hybridized carbons (Fsp3) is 0.400. The van der Waals surface area contributed by atoms with Crippen molar-refractivity contribution in [1.82, 2.24) is 0 Å². The molecule has 0 atom stereocenters. The van der Waals surface area contributed by atoms with Crippen LogP contribution in [0.4, 0.5) is 0 Å². The van der Waals surface area contributed by atoms with E-state index in [9.17, 15) is 0 Å². The third-order valence-electron chi connectivity index (χ3n) is 1.11. The Balaban J connectivity index is 4.32. The van der Waals surface area contributed by atoms with Crippen molar-refractivity contribution in [2.24, 2.45) is 4.99 Å². The average molecular weight is 114 g/mol. The van der Waals surface area contributed by atoms with Crippen LogP contribution in [0.2, 0.25) is 0 Å². The molecule has 0 aliphatic heterocycles. The molecule has 0 aliphatic rings. The van der Waals surface area contributed by atoms with Crippen LogP contribution in [0, 0.1) is 0 Å². The molecule has 0 heterocycles. The zero-order chi connectivity index (χ0) is 7.28. The van der Waals surface area contributed by atoms with Gasteiger partial charge in [0.05, 0.1) is 0 Å². The Morgan fingerprint density at radius 2 is 2.22 bits per heavy atom. The Labute approximate surface area is 58.9 Å². The second-order valence-electron chi connectivity index (χ2n) is 1.60. The first kappa shape index (κ1) is 8.60. The predicted octanol–water partition coefficient (Wildman–Crippen LogP) is -0.992. The van der Waals surface area contributed by atoms with Gasteiger partial charge in [-0.2, -0.15) is 0 Å². The quantitative estimate of drug-likeness (QED) is 0.322. The second kappa shape index (κ2) is 4.48. The first-order valence-corrected chi connectivity index (χ1v) is 2.66. The van der Waals surface area contributed by atoms with Gasteiger partial charge in [-0.3, -0.25) is 0 Å². The van der Waals surface area contributed by atoms with E-state index in [2.05, 4.69) is 4.99 Å². The Kier molecular flexibility index (Phi) is 4.28. The van der Waals surface area contributed by atoms with E-state index in [1.165, 1.54) is 12.8 Å². The summed E-state index contributed by atoms with van der Waals surface area (Å²) in [6.45, 7) is 3.28. The molecule has 4 heteroatoms. The van der Waals surface area contributed by atoms with E-state index in [0.29, 0.717) is 0 Å². The van der Waals surface area contributed by atoms with E-state index in [-0.39, 0.29) is 0 Å². The molecule has 41 valence electrons. The van der Waals surface area contributed by atoms with Gasteiger partial charge in [-0.25, -0.2) is 0 Å². The molecule has 0 aromatic carbocycles. The van der Waals surface area contributed by atoms with E-state index in [4.69, 9.17) is 15.2 Å². The monoisotopic (exact) mass is 114 g/mol. The van der Waals surface area contributed by atoms with Gasteiger partial charge in [-0.05, 0) is 0 Å². The minimum absolute atomic E-state index is 0.775. The molecule has 0 saturated carbocycles. The van der Waals surface area contributed by atoms with Crippen LogP contribution in [-0.2, 0) is 0 Å². The topological polar surface area (TPSA) is 12.4 Å². The summed E-state index contributed by atoms with van der Waals surface area (Å²) in [4.78, 5) is 3.89. The summed E-state index contributed by atoms with van der Waals surface area (Å²) < 4.78 is 0. The van der Waals surface area contributed by atoms with Gasteiger partial charge in [0.15, 0.2) is 0 Å². The number of aliphatic imine (C=N–C) groups is 1. The summed E-state index contributed by atoms with van der Waals surface area (Å²) in [5.74, 6) is 1.43. The predicted molar refractivity (Wildman–Crippen MR) is 47.4 cm³/mol. The van der Waals surface area contributed by atoms with Crippen molar-refractivity contribution in [2.75, 3.05) is 7.05 Å². The van der Waals surface area contributed by atoms with Crippen molar-refractivity contribution < 1.29 is 0 Å². The van der Waals surface area contributed by atoms with E-state index in [0.717, 1.165) is 11.2 Å². The van der Waals surface area contributed by atoms with Gasteiger partial charge in [0, 0.05) is 0 Å². The third kappa shape index (κ3) is 2.59. The van der Waals surface area contributed by atoms with Gasteiger partial charge < -0.3 is 0 Å². The summed E-state index contributed by atoms with van der Waals surface area (Å²) in [6.07, 6.45) is 0. The molecule has 0 N–H and O–H groups in total. The van der Waals surface area contributed by atoms with Gasteiger partial charge >= 0.3 is 58.1 Å². The third-order valence-corrected chi connectivity index (χ3v) is 1.11. The van der Waals surface area contributed by atoms with Crippen LogP contribution in [0.15, 0.2) is 4.99 Å². The Morgan fingerprint density at radius 3 is 2.33 bits per heavy atom. The van der Waals surface area contributed by atoms with Gasteiger partial charge in [0.2, 0.25) is 0 Å². The number of hydrogen-bond acceptors (Lipinski definition) is 1. The molecule has 1 nitrogen and oxygen atoms in total. The van der Waals surface area contributed by atoms with E-state index in [1.807, 2.05) is 6.92 Å². The van der Waals surface area contributed by atoms with Crippen LogP contribution >= 0.6 is 0 Å². The van der Waals surface area contributed by atoms with Crippen molar-refractivity contribution in [3.8, 4) is 0 Å². The molecular weight excluding hydrogens is 106 g/mol.